The maximum Gasteiger partial charge on any atom is 0.269 e. The highest BCUT2D eigenvalue weighted by molar-refractivity contribution is 7.85. The molecule has 90 valence electrons. The molecule has 5 N–H and O–H groups in total. The number of hydrogen-bond acceptors (Lipinski definition) is 4. The molecule has 6 heteroatoms. The molecular formula is C10H16N2O3S. The molecule has 16 heavy (non-hydrogen) atoms. The normalized spacial score (nSPS) is 11.7. The Kier molecular flexibility index (Phi) is 3.44. The monoisotopic (exact) mass is 244 g/mol. The van der Waals surface area contributed by atoms with Gasteiger partial charge >= 0.3 is 0 Å². The van der Waals surface area contributed by atoms with E-state index in [2.05, 4.69) is 0 Å². The first-order chi connectivity index (χ1) is 7.26. The molecule has 1 rings (SSSR count). The van der Waals surface area contributed by atoms with Crippen LogP contribution >= 0.6 is 0 Å². The van der Waals surface area contributed by atoms with Gasteiger partial charge in [0.05, 0.1) is 0 Å². The van der Waals surface area contributed by atoms with E-state index in [-0.39, 0.29) is 0 Å². The van der Waals surface area contributed by atoms with Crippen molar-refractivity contribution in [1.82, 2.24) is 0 Å². The summed E-state index contributed by atoms with van der Waals surface area (Å²) in [6.07, 6.45) is 0.686. The van der Waals surface area contributed by atoms with Crippen molar-refractivity contribution >= 4 is 21.5 Å². The molecule has 0 amide bonds. The molecule has 0 spiro atoms. The second kappa shape index (κ2) is 4.31. The number of nitrogens with two attached hydrogens (primary N) is 2. The van der Waals surface area contributed by atoms with Crippen LogP contribution in [0.5, 0.6) is 0 Å². The van der Waals surface area contributed by atoms with Crippen molar-refractivity contribution in [2.45, 2.75) is 26.0 Å². The van der Waals surface area contributed by atoms with Crippen LogP contribution in [-0.4, -0.2) is 13.0 Å². The molecular weight excluding hydrogens is 228 g/mol. The van der Waals surface area contributed by atoms with Crippen LogP contribution in [-0.2, 0) is 22.3 Å². The molecule has 0 aliphatic heterocycles. The Hall–Kier alpha value is -1.27. The predicted octanol–water partition coefficient (Wildman–Crippen LogP) is 1.11. The fourth-order valence-electron chi connectivity index (χ4n) is 1.62. The van der Waals surface area contributed by atoms with Gasteiger partial charge in [-0.15, -0.1) is 0 Å². The quantitative estimate of drug-likeness (QED) is 0.545. The van der Waals surface area contributed by atoms with Gasteiger partial charge in [-0.2, -0.15) is 8.42 Å². The smallest absolute Gasteiger partial charge is 0.269 e. The van der Waals surface area contributed by atoms with E-state index in [1.165, 1.54) is 0 Å². The standard InChI is InChI=1S/C10H16N2O3S/c1-3-7-4-6(2)9(11)8(10(7)12)5-16(13,14)15/h4H,3,5,11-12H2,1-2H3,(H,13,14,15). The molecule has 1 aromatic carbocycles. The van der Waals surface area contributed by atoms with Gasteiger partial charge in [-0.3, -0.25) is 4.55 Å². The number of aryl methyl sites for hydroxylation is 2. The highest BCUT2D eigenvalue weighted by atomic mass is 32.2. The van der Waals surface area contributed by atoms with Crippen LogP contribution in [0.15, 0.2) is 6.07 Å². The fourth-order valence-corrected chi connectivity index (χ4v) is 2.30. The van der Waals surface area contributed by atoms with Crippen LogP contribution in [0, 0.1) is 6.92 Å². The summed E-state index contributed by atoms with van der Waals surface area (Å²) in [5, 5.41) is 0. The van der Waals surface area contributed by atoms with Gasteiger partial charge in [0.1, 0.15) is 5.75 Å². The zero-order chi connectivity index (χ0) is 12.5. The minimum absolute atomic E-state index is 0.291. The minimum atomic E-state index is -4.12. The largest absolute Gasteiger partial charge is 0.398 e. The lowest BCUT2D eigenvalue weighted by molar-refractivity contribution is 0.482. The highest BCUT2D eigenvalue weighted by Crippen LogP contribution is 2.29. The first kappa shape index (κ1) is 12.8. The molecule has 0 aromatic heterocycles. The molecule has 1 aromatic rings. The van der Waals surface area contributed by atoms with E-state index in [0.717, 1.165) is 11.1 Å². The third kappa shape index (κ3) is 2.65. The maximum atomic E-state index is 10.9. The summed E-state index contributed by atoms with van der Waals surface area (Å²) in [6.45, 7) is 3.69. The maximum absolute atomic E-state index is 10.9. The predicted molar refractivity (Wildman–Crippen MR) is 64.6 cm³/mol. The molecule has 0 heterocycles. The van der Waals surface area contributed by atoms with Gasteiger partial charge in [0.15, 0.2) is 0 Å². The summed E-state index contributed by atoms with van der Waals surface area (Å²) in [4.78, 5) is 0. The first-order valence-corrected chi connectivity index (χ1v) is 6.48. The highest BCUT2D eigenvalue weighted by Gasteiger charge is 2.16. The summed E-state index contributed by atoms with van der Waals surface area (Å²) in [7, 11) is -4.12. The van der Waals surface area contributed by atoms with Crippen molar-refractivity contribution in [3.63, 3.8) is 0 Å². The van der Waals surface area contributed by atoms with Gasteiger partial charge in [0.25, 0.3) is 10.1 Å². The summed E-state index contributed by atoms with van der Waals surface area (Å²) < 4.78 is 30.6. The van der Waals surface area contributed by atoms with E-state index >= 15 is 0 Å². The third-order valence-electron chi connectivity index (χ3n) is 2.52. The Bertz CT molecular complexity index is 509. The van der Waals surface area contributed by atoms with Crippen molar-refractivity contribution < 1.29 is 13.0 Å². The molecule has 5 nitrogen and oxygen atoms in total. The zero-order valence-electron chi connectivity index (χ0n) is 9.32. The van der Waals surface area contributed by atoms with Crippen LogP contribution < -0.4 is 11.5 Å². The lowest BCUT2D eigenvalue weighted by Crippen LogP contribution is -2.10. The lowest BCUT2D eigenvalue weighted by atomic mass is 10.0. The van der Waals surface area contributed by atoms with E-state index in [1.54, 1.807) is 6.92 Å². The van der Waals surface area contributed by atoms with Gasteiger partial charge in [-0.25, -0.2) is 0 Å². The number of anilines is 2. The van der Waals surface area contributed by atoms with E-state index in [0.29, 0.717) is 23.4 Å². The molecule has 0 saturated carbocycles. The molecule has 0 atom stereocenters. The Morgan fingerprint density at radius 2 is 1.88 bits per heavy atom. The van der Waals surface area contributed by atoms with Crippen LogP contribution in [0.1, 0.15) is 23.6 Å². The van der Waals surface area contributed by atoms with Crippen LogP contribution in [0.2, 0.25) is 0 Å². The molecule has 0 saturated heterocycles. The Morgan fingerprint density at radius 3 is 2.31 bits per heavy atom. The number of hydrogen-bond donors (Lipinski definition) is 3. The number of rotatable bonds is 3. The van der Waals surface area contributed by atoms with Gasteiger partial charge in [-0.1, -0.05) is 13.0 Å². The Balaban J connectivity index is 3.42. The van der Waals surface area contributed by atoms with Crippen LogP contribution in [0.25, 0.3) is 0 Å². The summed E-state index contributed by atoms with van der Waals surface area (Å²) in [6, 6.07) is 1.83. The number of nitrogen functional groups attached to an aromatic ring is 2. The van der Waals surface area contributed by atoms with Gasteiger partial charge in [-0.05, 0) is 24.5 Å². The Labute approximate surface area is 95.2 Å². The van der Waals surface area contributed by atoms with Crippen molar-refractivity contribution in [2.75, 3.05) is 11.5 Å². The molecule has 0 radical (unpaired) electrons. The minimum Gasteiger partial charge on any atom is -0.398 e. The average Bonchev–Trinajstić information content (AvgIpc) is 2.17. The third-order valence-corrected chi connectivity index (χ3v) is 3.17. The zero-order valence-corrected chi connectivity index (χ0v) is 10.1. The molecule has 0 bridgehead atoms. The van der Waals surface area contributed by atoms with Gasteiger partial charge in [0.2, 0.25) is 0 Å². The van der Waals surface area contributed by atoms with Crippen molar-refractivity contribution in [1.29, 1.82) is 0 Å². The van der Waals surface area contributed by atoms with E-state index in [4.69, 9.17) is 16.0 Å². The summed E-state index contributed by atoms with van der Waals surface area (Å²) in [5.74, 6) is -0.542. The molecule has 0 fully saturated rings. The van der Waals surface area contributed by atoms with E-state index in [1.807, 2.05) is 13.0 Å². The topological polar surface area (TPSA) is 106 Å². The molecule has 0 unspecified atom stereocenters. The van der Waals surface area contributed by atoms with Gasteiger partial charge < -0.3 is 11.5 Å². The molecule has 0 aliphatic rings. The van der Waals surface area contributed by atoms with E-state index < -0.39 is 15.9 Å². The van der Waals surface area contributed by atoms with Gasteiger partial charge in [0, 0.05) is 16.9 Å². The van der Waals surface area contributed by atoms with Crippen LogP contribution in [0.4, 0.5) is 11.4 Å². The average molecular weight is 244 g/mol. The summed E-state index contributed by atoms with van der Waals surface area (Å²) >= 11 is 0. The van der Waals surface area contributed by atoms with E-state index in [9.17, 15) is 8.42 Å². The molecule has 0 aliphatic carbocycles. The van der Waals surface area contributed by atoms with Crippen molar-refractivity contribution in [2.24, 2.45) is 0 Å². The second-order valence-corrected chi connectivity index (χ2v) is 5.19. The SMILES string of the molecule is CCc1cc(C)c(N)c(CS(=O)(=O)O)c1N. The van der Waals surface area contributed by atoms with Crippen molar-refractivity contribution in [3.8, 4) is 0 Å². The fraction of sp³-hybridized carbons (Fsp3) is 0.400. The lowest BCUT2D eigenvalue weighted by Gasteiger charge is -2.14. The Morgan fingerprint density at radius 1 is 1.31 bits per heavy atom. The second-order valence-electron chi connectivity index (χ2n) is 3.74. The van der Waals surface area contributed by atoms with Crippen LogP contribution in [0.3, 0.4) is 0 Å². The van der Waals surface area contributed by atoms with Crippen molar-refractivity contribution in [3.05, 3.63) is 22.8 Å². The number of benzene rings is 1. The first-order valence-electron chi connectivity index (χ1n) is 4.87. The summed E-state index contributed by atoms with van der Waals surface area (Å²) in [5.41, 5.74) is 14.1.